The standard InChI is InChI=1S/C11H16F2N2O3S/c1-18-5-4-14-2-3-15-19(16,17)11-7-9(12)6-10(13)8-11/h6-8,14-15H,2-5H2,1H3. The van der Waals surface area contributed by atoms with Crippen LogP contribution in [0, 0.1) is 11.6 Å². The second-order valence-electron chi connectivity index (χ2n) is 3.75. The molecule has 5 nitrogen and oxygen atoms in total. The minimum atomic E-state index is -3.90. The lowest BCUT2D eigenvalue weighted by molar-refractivity contribution is 0.199. The molecule has 1 aromatic rings. The third kappa shape index (κ3) is 5.60. The highest BCUT2D eigenvalue weighted by Crippen LogP contribution is 2.12. The van der Waals surface area contributed by atoms with Crippen molar-refractivity contribution in [2.24, 2.45) is 0 Å². The first-order valence-corrected chi connectivity index (χ1v) is 7.09. The van der Waals surface area contributed by atoms with Crippen molar-refractivity contribution >= 4 is 10.0 Å². The highest BCUT2D eigenvalue weighted by molar-refractivity contribution is 7.89. The molecule has 19 heavy (non-hydrogen) atoms. The molecule has 108 valence electrons. The summed E-state index contributed by atoms with van der Waals surface area (Å²) in [6.07, 6.45) is 0. The van der Waals surface area contributed by atoms with Crippen LogP contribution in [0.15, 0.2) is 23.1 Å². The van der Waals surface area contributed by atoms with Crippen molar-refractivity contribution in [3.63, 3.8) is 0 Å². The van der Waals surface area contributed by atoms with Crippen molar-refractivity contribution in [1.29, 1.82) is 0 Å². The largest absolute Gasteiger partial charge is 0.383 e. The number of ether oxygens (including phenoxy) is 1. The molecule has 2 N–H and O–H groups in total. The number of nitrogens with one attached hydrogen (secondary N) is 2. The minimum Gasteiger partial charge on any atom is -0.383 e. The Hall–Kier alpha value is -1.09. The summed E-state index contributed by atoms with van der Waals surface area (Å²) in [5.74, 6) is -1.86. The van der Waals surface area contributed by atoms with Crippen LogP contribution in [0.2, 0.25) is 0 Å². The molecular weight excluding hydrogens is 278 g/mol. The second kappa shape index (κ2) is 7.49. The fraction of sp³-hybridized carbons (Fsp3) is 0.455. The van der Waals surface area contributed by atoms with Crippen LogP contribution < -0.4 is 10.0 Å². The van der Waals surface area contributed by atoms with Gasteiger partial charge in [-0.25, -0.2) is 21.9 Å². The lowest BCUT2D eigenvalue weighted by Gasteiger charge is -2.08. The first-order chi connectivity index (χ1) is 8.95. The van der Waals surface area contributed by atoms with E-state index in [4.69, 9.17) is 4.74 Å². The van der Waals surface area contributed by atoms with Gasteiger partial charge in [0.05, 0.1) is 11.5 Å². The number of hydrogen-bond donors (Lipinski definition) is 2. The van der Waals surface area contributed by atoms with Crippen LogP contribution in [0.25, 0.3) is 0 Å². The number of sulfonamides is 1. The van der Waals surface area contributed by atoms with Crippen molar-refractivity contribution in [3.8, 4) is 0 Å². The molecule has 0 atom stereocenters. The van der Waals surface area contributed by atoms with Crippen LogP contribution in [-0.2, 0) is 14.8 Å². The minimum absolute atomic E-state index is 0.115. The molecule has 0 fully saturated rings. The predicted octanol–water partition coefficient (Wildman–Crippen LogP) is 0.479. The Kier molecular flexibility index (Phi) is 6.29. The summed E-state index contributed by atoms with van der Waals surface area (Å²) in [5, 5.41) is 2.93. The smallest absolute Gasteiger partial charge is 0.240 e. The van der Waals surface area contributed by atoms with E-state index in [0.29, 0.717) is 25.8 Å². The highest BCUT2D eigenvalue weighted by atomic mass is 32.2. The van der Waals surface area contributed by atoms with Gasteiger partial charge in [-0.05, 0) is 12.1 Å². The van der Waals surface area contributed by atoms with E-state index in [0.717, 1.165) is 12.1 Å². The van der Waals surface area contributed by atoms with Crippen molar-refractivity contribution in [2.75, 3.05) is 33.4 Å². The Morgan fingerprint density at radius 2 is 1.74 bits per heavy atom. The molecule has 1 rings (SSSR count). The van der Waals surface area contributed by atoms with Crippen LogP contribution in [-0.4, -0.2) is 41.8 Å². The van der Waals surface area contributed by atoms with Gasteiger partial charge >= 0.3 is 0 Å². The molecule has 0 aliphatic carbocycles. The molecule has 1 aromatic carbocycles. The molecule has 0 aromatic heterocycles. The first-order valence-electron chi connectivity index (χ1n) is 5.61. The second-order valence-corrected chi connectivity index (χ2v) is 5.51. The lowest BCUT2D eigenvalue weighted by atomic mass is 10.3. The van der Waals surface area contributed by atoms with Gasteiger partial charge in [0.1, 0.15) is 11.6 Å². The van der Waals surface area contributed by atoms with Gasteiger partial charge in [0.2, 0.25) is 10.0 Å². The van der Waals surface area contributed by atoms with Crippen molar-refractivity contribution < 1.29 is 21.9 Å². The van der Waals surface area contributed by atoms with Crippen molar-refractivity contribution in [1.82, 2.24) is 10.0 Å². The van der Waals surface area contributed by atoms with Crippen LogP contribution >= 0.6 is 0 Å². The predicted molar refractivity (Wildman–Crippen MR) is 66.3 cm³/mol. The number of rotatable bonds is 8. The number of hydrogen-bond acceptors (Lipinski definition) is 4. The SMILES string of the molecule is COCCNCCNS(=O)(=O)c1cc(F)cc(F)c1. The van der Waals surface area contributed by atoms with E-state index in [-0.39, 0.29) is 6.54 Å². The Bertz CT molecular complexity index is 488. The molecule has 0 saturated heterocycles. The monoisotopic (exact) mass is 294 g/mol. The van der Waals surface area contributed by atoms with E-state index in [1.807, 2.05) is 0 Å². The third-order valence-corrected chi connectivity index (χ3v) is 3.66. The number of halogens is 2. The summed E-state index contributed by atoms with van der Waals surface area (Å²) in [6, 6.07) is 2.15. The molecule has 0 aliphatic rings. The average Bonchev–Trinajstić information content (AvgIpc) is 2.32. The highest BCUT2D eigenvalue weighted by Gasteiger charge is 2.15. The van der Waals surface area contributed by atoms with Gasteiger partial charge in [-0.1, -0.05) is 0 Å². The maximum atomic E-state index is 12.9. The number of methoxy groups -OCH3 is 1. The van der Waals surface area contributed by atoms with Gasteiger partial charge in [-0.15, -0.1) is 0 Å². The fourth-order valence-electron chi connectivity index (χ4n) is 1.34. The summed E-state index contributed by atoms with van der Waals surface area (Å²) in [7, 11) is -2.34. The quantitative estimate of drug-likeness (QED) is 0.684. The maximum absolute atomic E-state index is 12.9. The summed E-state index contributed by atoms with van der Waals surface area (Å²) in [6.45, 7) is 1.61. The molecule has 0 aliphatic heterocycles. The normalized spacial score (nSPS) is 11.7. The van der Waals surface area contributed by atoms with E-state index in [1.54, 1.807) is 7.11 Å². The molecule has 0 saturated carbocycles. The van der Waals surface area contributed by atoms with Gasteiger partial charge < -0.3 is 10.1 Å². The summed E-state index contributed by atoms with van der Waals surface area (Å²) >= 11 is 0. The average molecular weight is 294 g/mol. The van der Waals surface area contributed by atoms with Crippen LogP contribution in [0.1, 0.15) is 0 Å². The van der Waals surface area contributed by atoms with E-state index in [2.05, 4.69) is 10.0 Å². The Balaban J connectivity index is 2.51. The van der Waals surface area contributed by atoms with Crippen LogP contribution in [0.3, 0.4) is 0 Å². The first kappa shape index (κ1) is 16.0. The lowest BCUT2D eigenvalue weighted by Crippen LogP contribution is -2.33. The Labute approximate surface area is 111 Å². The van der Waals surface area contributed by atoms with Crippen LogP contribution in [0.5, 0.6) is 0 Å². The molecule has 0 spiro atoms. The molecule has 0 heterocycles. The molecule has 0 amide bonds. The van der Waals surface area contributed by atoms with E-state index >= 15 is 0 Å². The molecule has 0 unspecified atom stereocenters. The summed E-state index contributed by atoms with van der Waals surface area (Å²) in [4.78, 5) is -0.429. The fourth-order valence-corrected chi connectivity index (χ4v) is 2.41. The Morgan fingerprint density at radius 3 is 2.32 bits per heavy atom. The molecular formula is C11H16F2N2O3S. The van der Waals surface area contributed by atoms with Gasteiger partial charge in [-0.3, -0.25) is 0 Å². The topological polar surface area (TPSA) is 67.4 Å². The van der Waals surface area contributed by atoms with Crippen molar-refractivity contribution in [2.45, 2.75) is 4.90 Å². The van der Waals surface area contributed by atoms with Gasteiger partial charge in [-0.2, -0.15) is 0 Å². The van der Waals surface area contributed by atoms with E-state index in [1.165, 1.54) is 0 Å². The zero-order chi connectivity index (χ0) is 14.3. The zero-order valence-corrected chi connectivity index (χ0v) is 11.3. The van der Waals surface area contributed by atoms with Gasteiger partial charge in [0.25, 0.3) is 0 Å². The number of benzene rings is 1. The maximum Gasteiger partial charge on any atom is 0.240 e. The summed E-state index contributed by atoms with van der Waals surface area (Å²) < 4.78 is 56.4. The Morgan fingerprint density at radius 1 is 1.11 bits per heavy atom. The van der Waals surface area contributed by atoms with Crippen LogP contribution in [0.4, 0.5) is 8.78 Å². The third-order valence-electron chi connectivity index (χ3n) is 2.22. The van der Waals surface area contributed by atoms with E-state index < -0.39 is 26.6 Å². The van der Waals surface area contributed by atoms with Crippen molar-refractivity contribution in [3.05, 3.63) is 29.8 Å². The van der Waals surface area contributed by atoms with Gasteiger partial charge in [0, 0.05) is 32.8 Å². The van der Waals surface area contributed by atoms with Gasteiger partial charge in [0.15, 0.2) is 0 Å². The zero-order valence-electron chi connectivity index (χ0n) is 10.4. The molecule has 0 radical (unpaired) electrons. The molecule has 8 heteroatoms. The summed E-state index contributed by atoms with van der Waals surface area (Å²) in [5.41, 5.74) is 0. The molecule has 0 bridgehead atoms. The van der Waals surface area contributed by atoms with E-state index in [9.17, 15) is 17.2 Å².